The Hall–Kier alpha value is -2.60. The molecule has 1 saturated heterocycles. The average Bonchev–Trinajstić information content (AvgIpc) is 3.26. The molecule has 1 aliphatic heterocycles. The third kappa shape index (κ3) is 5.16. The van der Waals surface area contributed by atoms with Gasteiger partial charge in [0.15, 0.2) is 0 Å². The first-order valence-electron chi connectivity index (χ1n) is 12.4. The number of ether oxygens (including phenoxy) is 1. The molecule has 6 heteroatoms. The second kappa shape index (κ2) is 10.1. The van der Waals surface area contributed by atoms with Gasteiger partial charge in [-0.2, -0.15) is 5.10 Å². The van der Waals surface area contributed by atoms with E-state index < -0.39 is 0 Å². The van der Waals surface area contributed by atoms with Gasteiger partial charge in [-0.15, -0.1) is 0 Å². The summed E-state index contributed by atoms with van der Waals surface area (Å²) in [7, 11) is 6.28. The van der Waals surface area contributed by atoms with Gasteiger partial charge in [-0.1, -0.05) is 13.0 Å². The minimum absolute atomic E-state index is 0.847. The number of anilines is 2. The molecule has 0 unspecified atom stereocenters. The smallest absolute Gasteiger partial charge is 0.128 e. The van der Waals surface area contributed by atoms with Crippen molar-refractivity contribution in [1.29, 1.82) is 0 Å². The largest absolute Gasteiger partial charge is 0.381 e. The summed E-state index contributed by atoms with van der Waals surface area (Å²) in [4.78, 5) is 9.29. The number of hydrogen-bond donors (Lipinski definition) is 0. The third-order valence-electron chi connectivity index (χ3n) is 6.57. The van der Waals surface area contributed by atoms with E-state index in [1.165, 1.54) is 53.7 Å². The second-order valence-electron chi connectivity index (χ2n) is 9.65. The Kier molecular flexibility index (Phi) is 7.23. The molecule has 0 spiro atoms. The zero-order chi connectivity index (χ0) is 23.5. The molecule has 4 heterocycles. The molecule has 0 bridgehead atoms. The fraction of sp³-hybridized carbons (Fsp3) is 0.556. The van der Waals surface area contributed by atoms with Gasteiger partial charge in [0.2, 0.25) is 0 Å². The Labute approximate surface area is 198 Å². The monoisotopic (exact) mass is 449 g/mol. The van der Waals surface area contributed by atoms with Gasteiger partial charge in [-0.05, 0) is 75.6 Å². The van der Waals surface area contributed by atoms with Crippen molar-refractivity contribution in [3.63, 3.8) is 0 Å². The molecule has 3 aromatic rings. The molecule has 2 fully saturated rings. The summed E-state index contributed by atoms with van der Waals surface area (Å²) in [6.07, 6.45) is 6.21. The summed E-state index contributed by atoms with van der Waals surface area (Å²) < 4.78 is 7.07. The number of aryl methyl sites for hydroxylation is 3. The summed E-state index contributed by atoms with van der Waals surface area (Å²) in [6.45, 7) is 9.58. The van der Waals surface area contributed by atoms with Crippen LogP contribution < -0.4 is 9.80 Å². The van der Waals surface area contributed by atoms with Gasteiger partial charge in [0, 0.05) is 52.2 Å². The van der Waals surface area contributed by atoms with Crippen LogP contribution in [-0.4, -0.2) is 55.5 Å². The summed E-state index contributed by atoms with van der Waals surface area (Å²) in [5.74, 6) is 1.84. The van der Waals surface area contributed by atoms with E-state index >= 15 is 0 Å². The highest BCUT2D eigenvalue weighted by Crippen LogP contribution is 2.36. The van der Waals surface area contributed by atoms with Crippen molar-refractivity contribution >= 4 is 17.0 Å². The van der Waals surface area contributed by atoms with E-state index in [9.17, 15) is 0 Å². The number of pyridine rings is 2. The molecular weight excluding hydrogens is 410 g/mol. The zero-order valence-corrected chi connectivity index (χ0v) is 21.2. The fourth-order valence-corrected chi connectivity index (χ4v) is 4.66. The third-order valence-corrected chi connectivity index (χ3v) is 6.57. The van der Waals surface area contributed by atoms with Crippen LogP contribution >= 0.6 is 0 Å². The highest BCUT2D eigenvalue weighted by Gasteiger charge is 2.26. The number of fused-ring (bicyclic) bond motifs is 1. The van der Waals surface area contributed by atoms with E-state index in [0.29, 0.717) is 0 Å². The maximum Gasteiger partial charge on any atom is 0.128 e. The number of aromatic nitrogens is 3. The maximum atomic E-state index is 5.03. The SMILES string of the molecule is C1CCOC1.CCc1nn2c(-c3c(C)cc(N(C)C)nc3C)cccc2c1N(C)CC1CC1. The Balaban J connectivity index is 0.000000459. The van der Waals surface area contributed by atoms with Gasteiger partial charge < -0.3 is 14.5 Å². The van der Waals surface area contributed by atoms with E-state index in [1.54, 1.807) is 0 Å². The predicted octanol–water partition coefficient (Wildman–Crippen LogP) is 5.28. The summed E-state index contributed by atoms with van der Waals surface area (Å²) in [5, 5.41) is 5.03. The molecule has 1 saturated carbocycles. The Morgan fingerprint density at radius 1 is 1.09 bits per heavy atom. The molecule has 3 aromatic heterocycles. The topological polar surface area (TPSA) is 45.9 Å². The number of nitrogens with zero attached hydrogens (tertiary/aromatic N) is 5. The zero-order valence-electron chi connectivity index (χ0n) is 21.2. The fourth-order valence-electron chi connectivity index (χ4n) is 4.66. The van der Waals surface area contributed by atoms with E-state index in [-0.39, 0.29) is 0 Å². The normalized spacial score (nSPS) is 15.5. The molecule has 0 aromatic carbocycles. The summed E-state index contributed by atoms with van der Waals surface area (Å²) >= 11 is 0. The van der Waals surface area contributed by atoms with Crippen LogP contribution in [0.5, 0.6) is 0 Å². The summed E-state index contributed by atoms with van der Waals surface area (Å²) in [5.41, 5.74) is 8.20. The van der Waals surface area contributed by atoms with Crippen LogP contribution in [0.25, 0.3) is 16.8 Å². The lowest BCUT2D eigenvalue weighted by Gasteiger charge is -2.19. The summed E-state index contributed by atoms with van der Waals surface area (Å²) in [6, 6.07) is 8.67. The van der Waals surface area contributed by atoms with E-state index in [0.717, 1.165) is 49.3 Å². The predicted molar refractivity (Wildman–Crippen MR) is 138 cm³/mol. The molecule has 0 amide bonds. The van der Waals surface area contributed by atoms with Crippen LogP contribution in [-0.2, 0) is 11.2 Å². The molecule has 0 radical (unpaired) electrons. The first-order chi connectivity index (χ1) is 15.9. The molecule has 5 rings (SSSR count). The first-order valence-corrected chi connectivity index (χ1v) is 12.4. The first kappa shape index (κ1) is 23.6. The van der Waals surface area contributed by atoms with Crippen molar-refractivity contribution < 1.29 is 4.74 Å². The molecule has 1 aliphatic carbocycles. The van der Waals surface area contributed by atoms with E-state index in [2.05, 4.69) is 66.4 Å². The Morgan fingerprint density at radius 2 is 1.82 bits per heavy atom. The van der Waals surface area contributed by atoms with Gasteiger partial charge in [0.05, 0.1) is 22.6 Å². The van der Waals surface area contributed by atoms with Crippen LogP contribution in [0, 0.1) is 19.8 Å². The molecule has 33 heavy (non-hydrogen) atoms. The van der Waals surface area contributed by atoms with Crippen molar-refractivity contribution in [1.82, 2.24) is 14.6 Å². The molecule has 2 aliphatic rings. The van der Waals surface area contributed by atoms with Gasteiger partial charge in [0.25, 0.3) is 0 Å². The van der Waals surface area contributed by atoms with Crippen molar-refractivity contribution in [3.05, 3.63) is 41.2 Å². The lowest BCUT2D eigenvalue weighted by atomic mass is 10.0. The van der Waals surface area contributed by atoms with Crippen LogP contribution in [0.3, 0.4) is 0 Å². The molecule has 0 atom stereocenters. The van der Waals surface area contributed by atoms with Crippen LogP contribution in [0.4, 0.5) is 11.5 Å². The quantitative estimate of drug-likeness (QED) is 0.512. The Bertz CT molecular complexity index is 1060. The van der Waals surface area contributed by atoms with Crippen LogP contribution in [0.15, 0.2) is 24.3 Å². The highest BCUT2D eigenvalue weighted by molar-refractivity contribution is 5.80. The van der Waals surface area contributed by atoms with Gasteiger partial charge in [0.1, 0.15) is 5.82 Å². The van der Waals surface area contributed by atoms with Crippen molar-refractivity contribution in [2.45, 2.75) is 52.9 Å². The molecule has 6 nitrogen and oxygen atoms in total. The minimum atomic E-state index is 0.847. The van der Waals surface area contributed by atoms with Crippen LogP contribution in [0.2, 0.25) is 0 Å². The van der Waals surface area contributed by atoms with Gasteiger partial charge >= 0.3 is 0 Å². The lowest BCUT2D eigenvalue weighted by Crippen LogP contribution is -2.20. The minimum Gasteiger partial charge on any atom is -0.381 e. The highest BCUT2D eigenvalue weighted by atomic mass is 16.5. The van der Waals surface area contributed by atoms with Crippen LogP contribution in [0.1, 0.15) is 49.6 Å². The average molecular weight is 450 g/mol. The van der Waals surface area contributed by atoms with Crippen molar-refractivity contribution in [2.24, 2.45) is 5.92 Å². The molecule has 0 N–H and O–H groups in total. The Morgan fingerprint density at radius 3 is 2.36 bits per heavy atom. The maximum absolute atomic E-state index is 5.03. The second-order valence-corrected chi connectivity index (χ2v) is 9.65. The van der Waals surface area contributed by atoms with Crippen molar-refractivity contribution in [2.75, 3.05) is 50.7 Å². The molecular formula is C27H39N5O. The van der Waals surface area contributed by atoms with E-state index in [1.807, 2.05) is 14.1 Å². The number of hydrogen-bond acceptors (Lipinski definition) is 5. The van der Waals surface area contributed by atoms with Crippen molar-refractivity contribution in [3.8, 4) is 11.3 Å². The molecule has 178 valence electrons. The lowest BCUT2D eigenvalue weighted by molar-refractivity contribution is 0.198. The van der Waals surface area contributed by atoms with E-state index in [4.69, 9.17) is 14.8 Å². The standard InChI is InChI=1S/C23H31N5.C4H8O/c1-7-18-23(27(6)14-17-11-12-17)20-10-8-9-19(28(20)25-18)22-15(2)13-21(26(4)5)24-16(22)3;1-2-4-5-3-1/h8-10,13,17H,7,11-12,14H2,1-6H3;1-4H2. The van der Waals surface area contributed by atoms with Gasteiger partial charge in [-0.3, -0.25) is 0 Å². The van der Waals surface area contributed by atoms with Gasteiger partial charge in [-0.25, -0.2) is 9.50 Å². The number of rotatable bonds is 6.